The van der Waals surface area contributed by atoms with Crippen LogP contribution in [0.5, 0.6) is 0 Å². The van der Waals surface area contributed by atoms with Crippen LogP contribution in [0, 0.1) is 0 Å². The number of carbonyl (C=O) groups is 1. The summed E-state index contributed by atoms with van der Waals surface area (Å²) >= 11 is 0. The van der Waals surface area contributed by atoms with E-state index in [1.54, 1.807) is 30.4 Å². The van der Waals surface area contributed by atoms with Crippen LogP contribution in [0.15, 0.2) is 35.5 Å². The van der Waals surface area contributed by atoms with E-state index in [4.69, 9.17) is 5.53 Å². The number of esters is 1. The molecule has 0 unspecified atom stereocenters. The molecule has 5 heteroatoms. The Morgan fingerprint density at radius 3 is 3.12 bits per heavy atom. The number of carbonyl (C=O) groups excluding carboxylic acids is 1. The monoisotopic (exact) mass is 217 g/mol. The van der Waals surface area contributed by atoms with E-state index in [2.05, 4.69) is 14.8 Å². The van der Waals surface area contributed by atoms with Crippen molar-refractivity contribution < 1.29 is 9.53 Å². The second-order valence-corrected chi connectivity index (χ2v) is 2.97. The van der Waals surface area contributed by atoms with Gasteiger partial charge in [-0.1, -0.05) is 35.5 Å². The molecule has 0 atom stereocenters. The zero-order valence-electron chi connectivity index (χ0n) is 8.83. The first-order chi connectivity index (χ1) is 7.76. The maximum atomic E-state index is 10.8. The average Bonchev–Trinajstić information content (AvgIpc) is 2.30. The van der Waals surface area contributed by atoms with Gasteiger partial charge in [0.25, 0.3) is 0 Å². The zero-order valence-corrected chi connectivity index (χ0v) is 8.83. The number of hydrogen-bond donors (Lipinski definition) is 0. The minimum atomic E-state index is -0.289. The number of ether oxygens (including phenoxy) is 1. The Balaban J connectivity index is 2.70. The molecular formula is C11H11N3O2. The van der Waals surface area contributed by atoms with Crippen LogP contribution in [-0.2, 0) is 9.53 Å². The highest BCUT2D eigenvalue weighted by atomic mass is 16.5. The van der Waals surface area contributed by atoms with Crippen LogP contribution in [0.4, 0.5) is 5.69 Å². The van der Waals surface area contributed by atoms with Gasteiger partial charge in [0.1, 0.15) is 0 Å². The van der Waals surface area contributed by atoms with Crippen molar-refractivity contribution in [3.63, 3.8) is 0 Å². The van der Waals surface area contributed by atoms with Crippen molar-refractivity contribution in [1.82, 2.24) is 0 Å². The van der Waals surface area contributed by atoms with E-state index >= 15 is 0 Å². The summed E-state index contributed by atoms with van der Waals surface area (Å²) in [6.07, 6.45) is 3.69. The Morgan fingerprint density at radius 1 is 1.62 bits per heavy atom. The second-order valence-electron chi connectivity index (χ2n) is 2.97. The summed E-state index contributed by atoms with van der Waals surface area (Å²) in [4.78, 5) is 13.5. The van der Waals surface area contributed by atoms with Gasteiger partial charge in [0.05, 0.1) is 13.5 Å². The Labute approximate surface area is 93.0 Å². The van der Waals surface area contributed by atoms with Crippen LogP contribution in [0.2, 0.25) is 0 Å². The smallest absolute Gasteiger partial charge is 0.309 e. The van der Waals surface area contributed by atoms with Gasteiger partial charge < -0.3 is 4.74 Å². The first kappa shape index (κ1) is 11.8. The maximum Gasteiger partial charge on any atom is 0.309 e. The molecule has 82 valence electrons. The molecule has 0 aliphatic heterocycles. The summed E-state index contributed by atoms with van der Waals surface area (Å²) in [6, 6.07) is 7.07. The van der Waals surface area contributed by atoms with Crippen molar-refractivity contribution in [3.05, 3.63) is 46.3 Å². The van der Waals surface area contributed by atoms with Gasteiger partial charge in [0, 0.05) is 10.6 Å². The summed E-state index contributed by atoms with van der Waals surface area (Å²) in [5.41, 5.74) is 9.68. The lowest BCUT2D eigenvalue weighted by molar-refractivity contribution is -0.139. The minimum absolute atomic E-state index is 0.224. The molecular weight excluding hydrogens is 206 g/mol. The highest BCUT2D eigenvalue weighted by Gasteiger charge is 1.94. The van der Waals surface area contributed by atoms with Crippen molar-refractivity contribution in [3.8, 4) is 0 Å². The number of rotatable bonds is 4. The summed E-state index contributed by atoms with van der Waals surface area (Å²) in [5, 5.41) is 3.48. The first-order valence-corrected chi connectivity index (χ1v) is 4.65. The number of hydrogen-bond acceptors (Lipinski definition) is 3. The quantitative estimate of drug-likeness (QED) is 0.336. The molecule has 0 saturated heterocycles. The van der Waals surface area contributed by atoms with Gasteiger partial charge in [-0.05, 0) is 17.2 Å². The van der Waals surface area contributed by atoms with Crippen LogP contribution in [0.3, 0.4) is 0 Å². The van der Waals surface area contributed by atoms with Crippen LogP contribution in [0.25, 0.3) is 16.5 Å². The molecule has 0 amide bonds. The van der Waals surface area contributed by atoms with Crippen molar-refractivity contribution >= 4 is 17.7 Å². The lowest BCUT2D eigenvalue weighted by Gasteiger charge is -1.95. The van der Waals surface area contributed by atoms with E-state index in [0.717, 1.165) is 5.56 Å². The summed E-state index contributed by atoms with van der Waals surface area (Å²) < 4.78 is 4.49. The van der Waals surface area contributed by atoms with Crippen LogP contribution in [0.1, 0.15) is 12.0 Å². The molecule has 0 N–H and O–H groups in total. The van der Waals surface area contributed by atoms with Gasteiger partial charge in [-0.2, -0.15) is 0 Å². The third kappa shape index (κ3) is 3.86. The Morgan fingerprint density at radius 2 is 2.44 bits per heavy atom. The normalized spacial score (nSPS) is 9.81. The summed E-state index contributed by atoms with van der Waals surface area (Å²) in [7, 11) is 1.35. The zero-order chi connectivity index (χ0) is 11.8. The number of benzene rings is 1. The average molecular weight is 217 g/mol. The fourth-order valence-corrected chi connectivity index (χ4v) is 1.12. The van der Waals surface area contributed by atoms with Gasteiger partial charge in [-0.15, -0.1) is 0 Å². The highest BCUT2D eigenvalue weighted by molar-refractivity contribution is 5.72. The Hall–Kier alpha value is -2.26. The first-order valence-electron chi connectivity index (χ1n) is 4.65. The minimum Gasteiger partial charge on any atom is -0.469 e. The molecule has 1 aromatic rings. The van der Waals surface area contributed by atoms with Crippen molar-refractivity contribution in [2.45, 2.75) is 6.42 Å². The largest absolute Gasteiger partial charge is 0.469 e. The van der Waals surface area contributed by atoms with E-state index in [-0.39, 0.29) is 12.4 Å². The molecule has 0 heterocycles. The molecule has 0 aromatic heterocycles. The molecule has 1 rings (SSSR count). The number of methoxy groups -OCH3 is 1. The predicted molar refractivity (Wildman–Crippen MR) is 60.9 cm³/mol. The van der Waals surface area contributed by atoms with Gasteiger partial charge in [0.2, 0.25) is 0 Å². The molecule has 0 saturated carbocycles. The van der Waals surface area contributed by atoms with E-state index in [1.807, 2.05) is 6.07 Å². The third-order valence-corrected chi connectivity index (χ3v) is 1.85. The van der Waals surface area contributed by atoms with Gasteiger partial charge in [-0.3, -0.25) is 4.79 Å². The lowest BCUT2D eigenvalue weighted by Crippen LogP contribution is -1.96. The topological polar surface area (TPSA) is 75.1 Å². The van der Waals surface area contributed by atoms with Gasteiger partial charge >= 0.3 is 5.97 Å². The number of nitrogens with zero attached hydrogens (tertiary/aromatic N) is 3. The van der Waals surface area contributed by atoms with Crippen molar-refractivity contribution in [1.29, 1.82) is 0 Å². The van der Waals surface area contributed by atoms with E-state index in [0.29, 0.717) is 5.69 Å². The third-order valence-electron chi connectivity index (χ3n) is 1.85. The van der Waals surface area contributed by atoms with E-state index in [9.17, 15) is 4.79 Å². The molecule has 0 aliphatic carbocycles. The molecule has 16 heavy (non-hydrogen) atoms. The molecule has 0 aliphatic rings. The molecule has 1 aromatic carbocycles. The highest BCUT2D eigenvalue weighted by Crippen LogP contribution is 2.15. The summed E-state index contributed by atoms with van der Waals surface area (Å²) in [5.74, 6) is -0.289. The van der Waals surface area contributed by atoms with Crippen LogP contribution < -0.4 is 0 Å². The molecule has 5 nitrogen and oxygen atoms in total. The molecule has 0 radical (unpaired) electrons. The SMILES string of the molecule is COC(=O)CC=Cc1cccc(N=[N+]=[N-])c1. The molecule has 0 fully saturated rings. The summed E-state index contributed by atoms with van der Waals surface area (Å²) in [6.45, 7) is 0. The van der Waals surface area contributed by atoms with Crippen molar-refractivity contribution in [2.75, 3.05) is 7.11 Å². The fraction of sp³-hybridized carbons (Fsp3) is 0.182. The van der Waals surface area contributed by atoms with Crippen LogP contribution in [-0.4, -0.2) is 13.1 Å². The van der Waals surface area contributed by atoms with Crippen molar-refractivity contribution in [2.24, 2.45) is 5.11 Å². The second kappa shape index (κ2) is 6.27. The predicted octanol–water partition coefficient (Wildman–Crippen LogP) is 3.20. The van der Waals surface area contributed by atoms with E-state index in [1.165, 1.54) is 7.11 Å². The Kier molecular flexibility index (Phi) is 4.63. The van der Waals surface area contributed by atoms with Crippen LogP contribution >= 0.6 is 0 Å². The number of azide groups is 1. The van der Waals surface area contributed by atoms with Gasteiger partial charge in [0.15, 0.2) is 0 Å². The maximum absolute atomic E-state index is 10.8. The Bertz CT molecular complexity index is 448. The fourth-order valence-electron chi connectivity index (χ4n) is 1.12. The van der Waals surface area contributed by atoms with E-state index < -0.39 is 0 Å². The standard InChI is InChI=1S/C11H11N3O2/c1-16-11(15)7-3-5-9-4-2-6-10(8-9)13-14-12/h2-6,8H,7H2,1H3. The lowest BCUT2D eigenvalue weighted by atomic mass is 10.2. The van der Waals surface area contributed by atoms with Gasteiger partial charge in [-0.25, -0.2) is 0 Å². The molecule has 0 bridgehead atoms. The molecule has 0 spiro atoms.